The Balaban J connectivity index is 1.80. The molecule has 2 nitrogen and oxygen atoms in total. The van der Waals surface area contributed by atoms with Gasteiger partial charge in [-0.1, -0.05) is 33.6 Å². The molecule has 0 amide bonds. The van der Waals surface area contributed by atoms with Crippen LogP contribution >= 0.6 is 27.7 Å². The molecule has 1 heterocycles. The lowest BCUT2D eigenvalue weighted by Crippen LogP contribution is -1.92. The molecule has 0 aromatic heterocycles. The van der Waals surface area contributed by atoms with E-state index >= 15 is 0 Å². The van der Waals surface area contributed by atoms with Crippen molar-refractivity contribution in [2.24, 2.45) is 0 Å². The number of hydrogen-bond donors (Lipinski definition) is 0. The van der Waals surface area contributed by atoms with Gasteiger partial charge in [0.15, 0.2) is 11.5 Å². The molecule has 2 aromatic carbocycles. The lowest BCUT2D eigenvalue weighted by Gasteiger charge is -2.09. The van der Waals surface area contributed by atoms with Crippen molar-refractivity contribution in [3.63, 3.8) is 0 Å². The second-order valence-corrected chi connectivity index (χ2v) is 6.73. The lowest BCUT2D eigenvalue weighted by molar-refractivity contribution is 0.174. The average molecular weight is 351 g/mol. The highest BCUT2D eigenvalue weighted by atomic mass is 79.9. The minimum atomic E-state index is 0.315. The van der Waals surface area contributed by atoms with Crippen molar-refractivity contribution in [2.45, 2.75) is 24.5 Å². The zero-order valence-corrected chi connectivity index (χ0v) is 13.8. The molecule has 0 atom stereocenters. The van der Waals surface area contributed by atoms with Crippen LogP contribution in [0.25, 0.3) is 0 Å². The van der Waals surface area contributed by atoms with Crippen molar-refractivity contribution in [1.29, 1.82) is 0 Å². The van der Waals surface area contributed by atoms with Gasteiger partial charge in [0.25, 0.3) is 0 Å². The molecule has 2 aromatic rings. The molecule has 1 aliphatic heterocycles. The van der Waals surface area contributed by atoms with Crippen LogP contribution in [0.2, 0.25) is 0 Å². The first-order chi connectivity index (χ1) is 9.63. The van der Waals surface area contributed by atoms with Gasteiger partial charge in [0.05, 0.1) is 0 Å². The minimum Gasteiger partial charge on any atom is -0.454 e. The smallest absolute Gasteiger partial charge is 0.231 e. The Hall–Kier alpha value is -1.13. The van der Waals surface area contributed by atoms with Crippen molar-refractivity contribution < 1.29 is 9.47 Å². The first-order valence-electron chi connectivity index (χ1n) is 6.41. The van der Waals surface area contributed by atoms with Gasteiger partial charge in [-0.25, -0.2) is 0 Å². The number of ether oxygens (including phenoxy) is 2. The molecule has 3 rings (SSSR count). The van der Waals surface area contributed by atoms with Gasteiger partial charge in [-0.05, 0) is 43.2 Å². The van der Waals surface area contributed by atoms with E-state index in [0.29, 0.717) is 6.79 Å². The summed E-state index contributed by atoms with van der Waals surface area (Å²) in [6, 6.07) is 10.6. The molecule has 20 heavy (non-hydrogen) atoms. The van der Waals surface area contributed by atoms with E-state index in [1.165, 1.54) is 21.6 Å². The van der Waals surface area contributed by atoms with Gasteiger partial charge in [0.2, 0.25) is 6.79 Å². The summed E-state index contributed by atoms with van der Waals surface area (Å²) in [5.74, 6) is 2.56. The van der Waals surface area contributed by atoms with E-state index in [-0.39, 0.29) is 0 Å². The molecule has 0 fully saturated rings. The quantitative estimate of drug-likeness (QED) is 0.718. The molecule has 0 unspecified atom stereocenters. The number of rotatable bonds is 3. The first-order valence-corrected chi connectivity index (χ1v) is 8.19. The third kappa shape index (κ3) is 2.81. The Labute approximate surface area is 131 Å². The molecule has 0 aliphatic carbocycles. The summed E-state index contributed by atoms with van der Waals surface area (Å²) >= 11 is 5.46. The standard InChI is InChI=1S/C16H15BrO2S/c1-10-3-4-11(2)16(5-10)20-8-12-6-14-15(7-13(12)17)19-9-18-14/h3-7H,8-9H2,1-2H3. The molecule has 0 saturated carbocycles. The number of thioether (sulfide) groups is 1. The number of benzene rings is 2. The van der Waals surface area contributed by atoms with E-state index in [1.54, 1.807) is 0 Å². The summed E-state index contributed by atoms with van der Waals surface area (Å²) < 4.78 is 11.9. The molecule has 1 aliphatic rings. The monoisotopic (exact) mass is 350 g/mol. The molecule has 0 spiro atoms. The maximum Gasteiger partial charge on any atom is 0.231 e. The summed E-state index contributed by atoms with van der Waals surface area (Å²) in [5.41, 5.74) is 3.83. The first kappa shape index (κ1) is 13.8. The van der Waals surface area contributed by atoms with Gasteiger partial charge in [-0.2, -0.15) is 0 Å². The Morgan fingerprint density at radius 2 is 1.85 bits per heavy atom. The van der Waals surface area contributed by atoms with E-state index in [4.69, 9.17) is 9.47 Å². The van der Waals surface area contributed by atoms with E-state index in [0.717, 1.165) is 21.7 Å². The Bertz CT molecular complexity index is 655. The summed E-state index contributed by atoms with van der Waals surface area (Å²) in [7, 11) is 0. The molecule has 4 heteroatoms. The third-order valence-electron chi connectivity index (χ3n) is 3.27. The summed E-state index contributed by atoms with van der Waals surface area (Å²) in [6.45, 7) is 4.59. The number of halogens is 1. The second kappa shape index (κ2) is 5.70. The normalized spacial score (nSPS) is 12.8. The SMILES string of the molecule is Cc1ccc(C)c(SCc2cc3c(cc2Br)OCO3)c1. The number of fused-ring (bicyclic) bond motifs is 1. The Morgan fingerprint density at radius 1 is 1.10 bits per heavy atom. The molecular weight excluding hydrogens is 336 g/mol. The van der Waals surface area contributed by atoms with Crippen LogP contribution in [0.3, 0.4) is 0 Å². The highest BCUT2D eigenvalue weighted by molar-refractivity contribution is 9.10. The summed E-state index contributed by atoms with van der Waals surface area (Å²) in [6.07, 6.45) is 0. The fourth-order valence-electron chi connectivity index (χ4n) is 2.09. The zero-order valence-electron chi connectivity index (χ0n) is 11.4. The predicted octanol–water partition coefficient (Wildman–Crippen LogP) is 5.09. The molecule has 0 saturated heterocycles. The Kier molecular flexibility index (Phi) is 3.94. The van der Waals surface area contributed by atoms with Gasteiger partial charge < -0.3 is 9.47 Å². The van der Waals surface area contributed by atoms with Crippen LogP contribution in [0, 0.1) is 13.8 Å². The predicted molar refractivity (Wildman–Crippen MR) is 85.7 cm³/mol. The van der Waals surface area contributed by atoms with Gasteiger partial charge >= 0.3 is 0 Å². The van der Waals surface area contributed by atoms with Crippen molar-refractivity contribution >= 4 is 27.7 Å². The van der Waals surface area contributed by atoms with E-state index < -0.39 is 0 Å². The maximum atomic E-state index is 5.44. The fourth-order valence-corrected chi connectivity index (χ4v) is 3.85. The zero-order chi connectivity index (χ0) is 14.1. The van der Waals surface area contributed by atoms with Crippen LogP contribution in [0.15, 0.2) is 39.7 Å². The van der Waals surface area contributed by atoms with Crippen molar-refractivity contribution in [3.05, 3.63) is 51.5 Å². The molecule has 0 bridgehead atoms. The molecule has 0 radical (unpaired) electrons. The van der Waals surface area contributed by atoms with Crippen molar-refractivity contribution in [3.8, 4) is 11.5 Å². The van der Waals surface area contributed by atoms with E-state index in [1.807, 2.05) is 17.8 Å². The second-order valence-electron chi connectivity index (χ2n) is 4.85. The van der Waals surface area contributed by atoms with E-state index in [9.17, 15) is 0 Å². The van der Waals surface area contributed by atoms with Gasteiger partial charge in [-0.15, -0.1) is 11.8 Å². The van der Waals surface area contributed by atoms with Crippen molar-refractivity contribution in [1.82, 2.24) is 0 Å². The molecule has 104 valence electrons. The van der Waals surface area contributed by atoms with Crippen LogP contribution in [0.1, 0.15) is 16.7 Å². The molecule has 0 N–H and O–H groups in total. The Morgan fingerprint density at radius 3 is 2.65 bits per heavy atom. The van der Waals surface area contributed by atoms with Crippen LogP contribution in [0.5, 0.6) is 11.5 Å². The van der Waals surface area contributed by atoms with E-state index in [2.05, 4.69) is 54.0 Å². The molecular formula is C16H15BrO2S. The van der Waals surface area contributed by atoms with Crippen LogP contribution in [-0.2, 0) is 5.75 Å². The van der Waals surface area contributed by atoms with Crippen LogP contribution < -0.4 is 9.47 Å². The minimum absolute atomic E-state index is 0.315. The van der Waals surface area contributed by atoms with Gasteiger partial charge in [0.1, 0.15) is 0 Å². The highest BCUT2D eigenvalue weighted by Gasteiger charge is 2.16. The van der Waals surface area contributed by atoms with Gasteiger partial charge in [0, 0.05) is 15.1 Å². The van der Waals surface area contributed by atoms with Gasteiger partial charge in [-0.3, -0.25) is 0 Å². The number of aryl methyl sites for hydroxylation is 2. The van der Waals surface area contributed by atoms with Crippen molar-refractivity contribution in [2.75, 3.05) is 6.79 Å². The topological polar surface area (TPSA) is 18.5 Å². The van der Waals surface area contributed by atoms with Crippen LogP contribution in [0.4, 0.5) is 0 Å². The highest BCUT2D eigenvalue weighted by Crippen LogP contribution is 2.39. The average Bonchev–Trinajstić information content (AvgIpc) is 2.86. The summed E-state index contributed by atoms with van der Waals surface area (Å²) in [4.78, 5) is 1.33. The summed E-state index contributed by atoms with van der Waals surface area (Å²) in [5, 5.41) is 0. The largest absolute Gasteiger partial charge is 0.454 e. The lowest BCUT2D eigenvalue weighted by atomic mass is 10.2. The fraction of sp³-hybridized carbons (Fsp3) is 0.250. The third-order valence-corrected chi connectivity index (χ3v) is 5.21. The maximum absolute atomic E-state index is 5.44. The number of hydrogen-bond acceptors (Lipinski definition) is 3. The van der Waals surface area contributed by atoms with Crippen LogP contribution in [-0.4, -0.2) is 6.79 Å².